The Morgan fingerprint density at radius 1 is 0.943 bits per heavy atom. The van der Waals surface area contributed by atoms with Gasteiger partial charge in [-0.15, -0.1) is 0 Å². The summed E-state index contributed by atoms with van der Waals surface area (Å²) in [6.45, 7) is 3.49. The fourth-order valence-corrected chi connectivity index (χ4v) is 5.08. The molecule has 1 heterocycles. The van der Waals surface area contributed by atoms with Crippen molar-refractivity contribution in [1.29, 1.82) is 0 Å². The van der Waals surface area contributed by atoms with Gasteiger partial charge in [-0.05, 0) is 60.5 Å². The predicted octanol–water partition coefficient (Wildman–Crippen LogP) is 3.64. The molecule has 1 N–H and O–H groups in total. The van der Waals surface area contributed by atoms with Crippen LogP contribution < -0.4 is 9.46 Å². The third kappa shape index (κ3) is 6.17. The lowest BCUT2D eigenvalue weighted by Gasteiger charge is -2.35. The fraction of sp³-hybridized carbons (Fsp3) is 0.269. The summed E-state index contributed by atoms with van der Waals surface area (Å²) < 4.78 is 46.4. The average molecular weight is 498 g/mol. The first-order chi connectivity index (χ1) is 16.9. The van der Waals surface area contributed by atoms with E-state index >= 15 is 0 Å². The summed E-state index contributed by atoms with van der Waals surface area (Å²) in [5, 5.41) is 0. The topological polar surface area (TPSA) is 79.0 Å². The Bertz CT molecular complexity index is 1260. The second-order valence-electron chi connectivity index (χ2n) is 8.34. The second-order valence-corrected chi connectivity index (χ2v) is 10.0. The van der Waals surface area contributed by atoms with E-state index < -0.39 is 15.8 Å². The molecule has 7 nitrogen and oxygen atoms in total. The number of hydrogen-bond acceptors (Lipinski definition) is 5. The Kier molecular flexibility index (Phi) is 7.67. The number of sulfonamides is 1. The molecule has 0 atom stereocenters. The van der Waals surface area contributed by atoms with Gasteiger partial charge in [0.15, 0.2) is 0 Å². The number of ether oxygens (including phenoxy) is 1. The highest BCUT2D eigenvalue weighted by molar-refractivity contribution is 7.92. The summed E-state index contributed by atoms with van der Waals surface area (Å²) in [6.07, 6.45) is 0.909. The van der Waals surface area contributed by atoms with Crippen molar-refractivity contribution in [1.82, 2.24) is 9.80 Å². The first-order valence-corrected chi connectivity index (χ1v) is 12.9. The Morgan fingerprint density at radius 2 is 1.60 bits per heavy atom. The van der Waals surface area contributed by atoms with Gasteiger partial charge in [0.2, 0.25) is 0 Å². The number of rotatable bonds is 8. The number of halogens is 1. The number of nitrogens with one attached hydrogen (secondary N) is 1. The van der Waals surface area contributed by atoms with Gasteiger partial charge in [0, 0.05) is 32.7 Å². The molecule has 3 aromatic carbocycles. The number of methoxy groups -OCH3 is 1. The lowest BCUT2D eigenvalue weighted by atomic mass is 10.1. The number of anilines is 1. The van der Waals surface area contributed by atoms with E-state index in [-0.39, 0.29) is 22.1 Å². The summed E-state index contributed by atoms with van der Waals surface area (Å²) in [4.78, 5) is 17.2. The molecule has 0 spiro atoms. The van der Waals surface area contributed by atoms with Crippen LogP contribution in [-0.2, 0) is 16.4 Å². The molecule has 0 saturated carbocycles. The Morgan fingerprint density at radius 3 is 2.26 bits per heavy atom. The molecule has 1 aliphatic heterocycles. The smallest absolute Gasteiger partial charge is 0.261 e. The SMILES string of the molecule is COc1ccc(CCN2CCN(C(=O)c3ccccc3NS(=O)(=O)c3ccc(F)cc3)CC2)cc1. The average Bonchev–Trinajstić information content (AvgIpc) is 2.88. The zero-order chi connectivity index (χ0) is 24.8. The first kappa shape index (κ1) is 24.7. The number of para-hydroxylation sites is 1. The Hall–Kier alpha value is -3.43. The first-order valence-electron chi connectivity index (χ1n) is 11.4. The molecule has 9 heteroatoms. The second kappa shape index (κ2) is 10.9. The van der Waals surface area contributed by atoms with E-state index in [2.05, 4.69) is 21.8 Å². The Balaban J connectivity index is 1.36. The van der Waals surface area contributed by atoms with Crippen molar-refractivity contribution in [3.8, 4) is 5.75 Å². The van der Waals surface area contributed by atoms with E-state index in [0.29, 0.717) is 13.1 Å². The molecule has 1 aliphatic rings. The monoisotopic (exact) mass is 497 g/mol. The number of hydrogen-bond donors (Lipinski definition) is 1. The molecular formula is C26H28FN3O4S. The van der Waals surface area contributed by atoms with Crippen LogP contribution in [-0.4, -0.2) is 64.0 Å². The normalized spacial score (nSPS) is 14.5. The third-order valence-corrected chi connectivity index (χ3v) is 7.44. The fourth-order valence-electron chi connectivity index (χ4n) is 4.00. The molecule has 4 rings (SSSR count). The van der Waals surface area contributed by atoms with Crippen LogP contribution in [0.25, 0.3) is 0 Å². The van der Waals surface area contributed by atoms with Crippen molar-refractivity contribution in [2.24, 2.45) is 0 Å². The van der Waals surface area contributed by atoms with Crippen LogP contribution in [0.1, 0.15) is 15.9 Å². The van der Waals surface area contributed by atoms with Crippen LogP contribution in [0.4, 0.5) is 10.1 Å². The van der Waals surface area contributed by atoms with Gasteiger partial charge < -0.3 is 9.64 Å². The van der Waals surface area contributed by atoms with Gasteiger partial charge in [-0.2, -0.15) is 0 Å². The van der Waals surface area contributed by atoms with E-state index in [4.69, 9.17) is 4.74 Å². The third-order valence-electron chi connectivity index (χ3n) is 6.06. The molecule has 1 saturated heterocycles. The minimum Gasteiger partial charge on any atom is -0.497 e. The quantitative estimate of drug-likeness (QED) is 0.514. The molecule has 0 unspecified atom stereocenters. The lowest BCUT2D eigenvalue weighted by molar-refractivity contribution is 0.0639. The van der Waals surface area contributed by atoms with Crippen LogP contribution >= 0.6 is 0 Å². The van der Waals surface area contributed by atoms with Crippen molar-refractivity contribution in [2.45, 2.75) is 11.3 Å². The number of benzene rings is 3. The Labute approximate surface area is 205 Å². The minimum atomic E-state index is -3.97. The zero-order valence-corrected chi connectivity index (χ0v) is 20.3. The summed E-state index contributed by atoms with van der Waals surface area (Å²) in [5.41, 5.74) is 1.71. The summed E-state index contributed by atoms with van der Waals surface area (Å²) in [7, 11) is -2.32. The van der Waals surface area contributed by atoms with E-state index in [1.54, 1.807) is 36.3 Å². The van der Waals surface area contributed by atoms with Crippen LogP contribution in [0.3, 0.4) is 0 Å². The molecule has 0 radical (unpaired) electrons. The van der Waals surface area contributed by atoms with Crippen molar-refractivity contribution < 1.29 is 22.3 Å². The van der Waals surface area contributed by atoms with Gasteiger partial charge in [-0.3, -0.25) is 14.4 Å². The highest BCUT2D eigenvalue weighted by atomic mass is 32.2. The van der Waals surface area contributed by atoms with Crippen molar-refractivity contribution in [3.63, 3.8) is 0 Å². The molecule has 0 aliphatic carbocycles. The van der Waals surface area contributed by atoms with Gasteiger partial charge in [-0.1, -0.05) is 24.3 Å². The van der Waals surface area contributed by atoms with Gasteiger partial charge in [0.25, 0.3) is 15.9 Å². The van der Waals surface area contributed by atoms with E-state index in [1.807, 2.05) is 12.1 Å². The van der Waals surface area contributed by atoms with Gasteiger partial charge >= 0.3 is 0 Å². The molecule has 35 heavy (non-hydrogen) atoms. The molecule has 0 bridgehead atoms. The molecular weight excluding hydrogens is 469 g/mol. The summed E-state index contributed by atoms with van der Waals surface area (Å²) in [5.74, 6) is 0.0843. The molecule has 1 amide bonds. The van der Waals surface area contributed by atoms with Crippen molar-refractivity contribution in [3.05, 3.63) is 89.7 Å². The van der Waals surface area contributed by atoms with Crippen LogP contribution in [0.15, 0.2) is 77.7 Å². The maximum Gasteiger partial charge on any atom is 0.261 e. The maximum absolute atomic E-state index is 13.2. The minimum absolute atomic E-state index is 0.0772. The molecule has 184 valence electrons. The van der Waals surface area contributed by atoms with Crippen molar-refractivity contribution >= 4 is 21.6 Å². The van der Waals surface area contributed by atoms with Crippen LogP contribution in [0, 0.1) is 5.82 Å². The molecule has 1 fully saturated rings. The van der Waals surface area contributed by atoms with E-state index in [1.165, 1.54) is 17.7 Å². The van der Waals surface area contributed by atoms with E-state index in [9.17, 15) is 17.6 Å². The predicted molar refractivity (Wildman–Crippen MR) is 133 cm³/mol. The number of amides is 1. The largest absolute Gasteiger partial charge is 0.497 e. The number of nitrogens with zero attached hydrogens (tertiary/aromatic N) is 2. The summed E-state index contributed by atoms with van der Waals surface area (Å²) >= 11 is 0. The number of piperazine rings is 1. The van der Waals surface area contributed by atoms with Gasteiger partial charge in [0.1, 0.15) is 11.6 Å². The van der Waals surface area contributed by atoms with Crippen molar-refractivity contribution in [2.75, 3.05) is 44.6 Å². The molecule has 3 aromatic rings. The zero-order valence-electron chi connectivity index (χ0n) is 19.5. The molecule has 0 aromatic heterocycles. The van der Waals surface area contributed by atoms with Crippen LogP contribution in [0.5, 0.6) is 5.75 Å². The lowest BCUT2D eigenvalue weighted by Crippen LogP contribution is -2.49. The maximum atomic E-state index is 13.2. The summed E-state index contributed by atoms with van der Waals surface area (Å²) in [6, 6.07) is 19.1. The highest BCUT2D eigenvalue weighted by Crippen LogP contribution is 2.22. The highest BCUT2D eigenvalue weighted by Gasteiger charge is 2.25. The standard InChI is InChI=1S/C26H28FN3O4S/c1-34-22-10-6-20(7-11-22)14-15-29-16-18-30(19-17-29)26(31)24-4-2-3-5-25(24)28-35(32,33)23-12-8-21(27)9-13-23/h2-13,28H,14-19H2,1H3. The number of carbonyl (C=O) groups excluding carboxylic acids is 1. The van der Waals surface area contributed by atoms with Gasteiger partial charge in [0.05, 0.1) is 23.3 Å². The van der Waals surface area contributed by atoms with Gasteiger partial charge in [-0.25, -0.2) is 12.8 Å². The number of carbonyl (C=O) groups is 1. The van der Waals surface area contributed by atoms with E-state index in [0.717, 1.165) is 43.9 Å². The van der Waals surface area contributed by atoms with Crippen LogP contribution in [0.2, 0.25) is 0 Å².